The standard InChI is InChI=1S/C3H2F2N2S/c4-2(5)3-6-1-7-8-3/h1-2H. The van der Waals surface area contributed by atoms with Crippen molar-refractivity contribution in [2.24, 2.45) is 0 Å². The first-order valence-corrected chi connectivity index (χ1v) is 2.63. The Morgan fingerprint density at radius 2 is 2.38 bits per heavy atom. The zero-order chi connectivity index (χ0) is 5.98. The summed E-state index contributed by atoms with van der Waals surface area (Å²) in [6, 6.07) is 0. The van der Waals surface area contributed by atoms with Gasteiger partial charge >= 0.3 is 0 Å². The van der Waals surface area contributed by atoms with E-state index in [2.05, 4.69) is 9.36 Å². The molecule has 0 radical (unpaired) electrons. The van der Waals surface area contributed by atoms with Crippen LogP contribution >= 0.6 is 11.5 Å². The summed E-state index contributed by atoms with van der Waals surface area (Å²) in [4.78, 5) is 3.27. The molecular formula is C3H2F2N2S. The molecule has 0 aliphatic heterocycles. The summed E-state index contributed by atoms with van der Waals surface area (Å²) in [5.74, 6) is 0. The molecule has 0 unspecified atom stereocenters. The molecule has 0 aliphatic carbocycles. The molecule has 0 saturated heterocycles. The van der Waals surface area contributed by atoms with Crippen molar-refractivity contribution in [2.75, 3.05) is 0 Å². The van der Waals surface area contributed by atoms with E-state index in [9.17, 15) is 8.78 Å². The van der Waals surface area contributed by atoms with Crippen molar-refractivity contribution in [3.05, 3.63) is 11.3 Å². The van der Waals surface area contributed by atoms with Crippen LogP contribution in [0, 0.1) is 0 Å². The summed E-state index contributed by atoms with van der Waals surface area (Å²) in [6.45, 7) is 0. The minimum absolute atomic E-state index is 0.218. The van der Waals surface area contributed by atoms with E-state index in [1.54, 1.807) is 0 Å². The molecule has 8 heavy (non-hydrogen) atoms. The summed E-state index contributed by atoms with van der Waals surface area (Å²) in [7, 11) is 0. The maximum absolute atomic E-state index is 11.5. The van der Waals surface area contributed by atoms with Gasteiger partial charge in [0.05, 0.1) is 0 Å². The SMILES string of the molecule is FC(F)c1ncns1. The molecular weight excluding hydrogens is 134 g/mol. The second-order valence-electron chi connectivity index (χ2n) is 1.08. The topological polar surface area (TPSA) is 25.8 Å². The molecule has 0 spiro atoms. The number of nitrogens with zero attached hydrogens (tertiary/aromatic N) is 2. The largest absolute Gasteiger partial charge is 0.291 e. The fraction of sp³-hybridized carbons (Fsp3) is 0.333. The van der Waals surface area contributed by atoms with E-state index >= 15 is 0 Å². The lowest BCUT2D eigenvalue weighted by molar-refractivity contribution is 0.151. The number of halogens is 2. The Kier molecular flexibility index (Phi) is 1.48. The Bertz CT molecular complexity index is 150. The lowest BCUT2D eigenvalue weighted by Crippen LogP contribution is -1.77. The predicted molar refractivity (Wildman–Crippen MR) is 24.9 cm³/mol. The van der Waals surface area contributed by atoms with Crippen molar-refractivity contribution < 1.29 is 8.78 Å². The number of aromatic nitrogens is 2. The summed E-state index contributed by atoms with van der Waals surface area (Å²) in [5, 5.41) is -0.218. The maximum Gasteiger partial charge on any atom is 0.291 e. The second kappa shape index (κ2) is 2.13. The van der Waals surface area contributed by atoms with Gasteiger partial charge in [-0.3, -0.25) is 0 Å². The van der Waals surface area contributed by atoms with Crippen LogP contribution in [0.25, 0.3) is 0 Å². The van der Waals surface area contributed by atoms with Crippen LogP contribution in [0.1, 0.15) is 11.4 Å². The van der Waals surface area contributed by atoms with Crippen LogP contribution in [-0.4, -0.2) is 9.36 Å². The molecule has 0 N–H and O–H groups in total. The van der Waals surface area contributed by atoms with Gasteiger partial charge in [0.15, 0.2) is 5.01 Å². The molecule has 5 heteroatoms. The minimum Gasteiger partial charge on any atom is -0.222 e. The van der Waals surface area contributed by atoms with Crippen molar-refractivity contribution in [2.45, 2.75) is 6.43 Å². The zero-order valence-electron chi connectivity index (χ0n) is 3.71. The third-order valence-corrected chi connectivity index (χ3v) is 1.24. The maximum atomic E-state index is 11.5. The lowest BCUT2D eigenvalue weighted by atomic mass is 10.7. The number of alkyl halides is 2. The van der Waals surface area contributed by atoms with Crippen molar-refractivity contribution in [3.8, 4) is 0 Å². The Morgan fingerprint density at radius 3 is 2.62 bits per heavy atom. The van der Waals surface area contributed by atoms with Gasteiger partial charge in [-0.05, 0) is 11.5 Å². The highest BCUT2D eigenvalue weighted by atomic mass is 32.1. The molecule has 1 heterocycles. The molecule has 0 amide bonds. The van der Waals surface area contributed by atoms with E-state index in [1.165, 1.54) is 0 Å². The van der Waals surface area contributed by atoms with Crippen LogP contribution in [-0.2, 0) is 0 Å². The van der Waals surface area contributed by atoms with Crippen LogP contribution in [0.2, 0.25) is 0 Å². The van der Waals surface area contributed by atoms with Gasteiger partial charge in [0.25, 0.3) is 6.43 Å². The van der Waals surface area contributed by atoms with Gasteiger partial charge in [-0.25, -0.2) is 13.8 Å². The molecule has 0 aliphatic rings. The quantitative estimate of drug-likeness (QED) is 0.584. The third-order valence-electron chi connectivity index (χ3n) is 0.565. The summed E-state index contributed by atoms with van der Waals surface area (Å²) in [5.41, 5.74) is 0. The Morgan fingerprint density at radius 1 is 1.62 bits per heavy atom. The highest BCUT2D eigenvalue weighted by Crippen LogP contribution is 2.17. The van der Waals surface area contributed by atoms with Crippen LogP contribution in [0.3, 0.4) is 0 Å². The summed E-state index contributed by atoms with van der Waals surface area (Å²) >= 11 is 0.720. The van der Waals surface area contributed by atoms with Crippen molar-refractivity contribution in [3.63, 3.8) is 0 Å². The van der Waals surface area contributed by atoms with Gasteiger partial charge in [0, 0.05) is 0 Å². The lowest BCUT2D eigenvalue weighted by Gasteiger charge is -1.84. The highest BCUT2D eigenvalue weighted by Gasteiger charge is 2.08. The first-order chi connectivity index (χ1) is 3.80. The Labute approximate surface area is 48.3 Å². The van der Waals surface area contributed by atoms with Gasteiger partial charge in [0.2, 0.25) is 0 Å². The van der Waals surface area contributed by atoms with Crippen LogP contribution in [0.15, 0.2) is 6.33 Å². The highest BCUT2D eigenvalue weighted by molar-refractivity contribution is 7.05. The van der Waals surface area contributed by atoms with Gasteiger partial charge in [-0.2, -0.15) is 4.37 Å². The average Bonchev–Trinajstić information content (AvgIpc) is 2.12. The fourth-order valence-corrected chi connectivity index (χ4v) is 0.654. The molecule has 1 aromatic rings. The van der Waals surface area contributed by atoms with Gasteiger partial charge in [-0.15, -0.1) is 0 Å². The van der Waals surface area contributed by atoms with E-state index in [-0.39, 0.29) is 5.01 Å². The van der Waals surface area contributed by atoms with Gasteiger partial charge in [0.1, 0.15) is 6.33 Å². The fourth-order valence-electron chi connectivity index (χ4n) is 0.278. The molecule has 2 nitrogen and oxygen atoms in total. The molecule has 1 rings (SSSR count). The predicted octanol–water partition coefficient (Wildman–Crippen LogP) is 1.48. The smallest absolute Gasteiger partial charge is 0.222 e. The van der Waals surface area contributed by atoms with Crippen molar-refractivity contribution in [1.82, 2.24) is 9.36 Å². The molecule has 44 valence electrons. The van der Waals surface area contributed by atoms with E-state index in [0.717, 1.165) is 17.9 Å². The number of hydrogen-bond donors (Lipinski definition) is 0. The monoisotopic (exact) mass is 136 g/mol. The average molecular weight is 136 g/mol. The molecule has 0 saturated carbocycles. The summed E-state index contributed by atoms with van der Waals surface area (Å²) < 4.78 is 26.4. The molecule has 0 aromatic carbocycles. The van der Waals surface area contributed by atoms with E-state index in [4.69, 9.17) is 0 Å². The van der Waals surface area contributed by atoms with E-state index in [0.29, 0.717) is 0 Å². The zero-order valence-corrected chi connectivity index (χ0v) is 4.53. The van der Waals surface area contributed by atoms with Crippen molar-refractivity contribution >= 4 is 11.5 Å². The Balaban J connectivity index is 2.77. The van der Waals surface area contributed by atoms with Crippen LogP contribution in [0.4, 0.5) is 8.78 Å². The molecule has 1 aromatic heterocycles. The van der Waals surface area contributed by atoms with Gasteiger partial charge < -0.3 is 0 Å². The van der Waals surface area contributed by atoms with E-state index in [1.807, 2.05) is 0 Å². The molecule has 0 bridgehead atoms. The normalized spacial score (nSPS) is 10.4. The minimum atomic E-state index is -2.47. The van der Waals surface area contributed by atoms with Gasteiger partial charge in [-0.1, -0.05) is 0 Å². The van der Waals surface area contributed by atoms with Crippen molar-refractivity contribution in [1.29, 1.82) is 0 Å². The van der Waals surface area contributed by atoms with Crippen LogP contribution in [0.5, 0.6) is 0 Å². The molecule has 0 atom stereocenters. The first kappa shape index (κ1) is 5.55. The second-order valence-corrected chi connectivity index (χ2v) is 1.89. The first-order valence-electron chi connectivity index (χ1n) is 1.85. The van der Waals surface area contributed by atoms with Crippen LogP contribution < -0.4 is 0 Å². The number of rotatable bonds is 1. The molecule has 0 fully saturated rings. The number of hydrogen-bond acceptors (Lipinski definition) is 3. The third kappa shape index (κ3) is 0.975. The summed E-state index contributed by atoms with van der Waals surface area (Å²) in [6.07, 6.45) is -1.35. The Hall–Kier alpha value is -0.580. The van der Waals surface area contributed by atoms with E-state index < -0.39 is 6.43 Å².